The van der Waals surface area contributed by atoms with E-state index in [2.05, 4.69) is 10.5 Å². The van der Waals surface area contributed by atoms with Crippen molar-refractivity contribution in [3.05, 3.63) is 29.8 Å². The van der Waals surface area contributed by atoms with E-state index in [9.17, 15) is 18.3 Å². The molecule has 0 bridgehead atoms. The van der Waals surface area contributed by atoms with Gasteiger partial charge in [0.25, 0.3) is 0 Å². The lowest BCUT2D eigenvalue weighted by molar-refractivity contribution is 0.182. The molecule has 6 nitrogen and oxygen atoms in total. The molecular weight excluding hydrogens is 270 g/mol. The molecule has 1 aliphatic heterocycles. The van der Waals surface area contributed by atoms with Crippen LogP contribution in [0.15, 0.2) is 24.3 Å². The van der Waals surface area contributed by atoms with Crippen molar-refractivity contribution in [3.8, 4) is 5.75 Å². The van der Waals surface area contributed by atoms with Crippen molar-refractivity contribution in [3.63, 3.8) is 0 Å². The number of nitrogens with two attached hydrogens (primary N) is 1. The Morgan fingerprint density at radius 3 is 2.42 bits per heavy atom. The minimum Gasteiger partial charge on any atom is -0.508 e. The van der Waals surface area contributed by atoms with Crippen LogP contribution in [-0.4, -0.2) is 32.5 Å². The van der Waals surface area contributed by atoms with E-state index in [0.717, 1.165) is 0 Å². The number of carbonyl (C=O) groups excluding carboxylic acids is 1. The Hall–Kier alpha value is -1.76. The van der Waals surface area contributed by atoms with Gasteiger partial charge in [0.1, 0.15) is 5.75 Å². The van der Waals surface area contributed by atoms with E-state index in [1.54, 1.807) is 18.2 Å². The van der Waals surface area contributed by atoms with Crippen LogP contribution in [0.4, 0.5) is 4.79 Å². The maximum absolute atomic E-state index is 11.6. The normalized spacial score (nSPS) is 20.2. The molecule has 2 rings (SSSR count). The molecule has 1 aromatic carbocycles. The van der Waals surface area contributed by atoms with Crippen molar-refractivity contribution in [2.75, 3.05) is 12.9 Å². The second kappa shape index (κ2) is 6.42. The Bertz CT molecular complexity index is 541. The van der Waals surface area contributed by atoms with Crippen LogP contribution in [0.3, 0.4) is 0 Å². The third-order valence-corrected chi connectivity index (χ3v) is 5.03. The molecule has 106 valence electrons. The van der Waals surface area contributed by atoms with Crippen molar-refractivity contribution >= 4 is 15.9 Å². The monoisotopic (exact) mass is 287 g/mol. The largest absolute Gasteiger partial charge is 0.508 e. The Morgan fingerprint density at radius 1 is 1.42 bits per heavy atom. The topological polar surface area (TPSA) is 107 Å². The molecule has 1 amide bonds. The lowest BCUT2D eigenvalue weighted by Crippen LogP contribution is -2.08. The van der Waals surface area contributed by atoms with E-state index in [-0.39, 0.29) is 11.5 Å². The molecule has 1 fully saturated rings. The number of hydrogen-bond donors (Lipinski definition) is 2. The van der Waals surface area contributed by atoms with Crippen LogP contribution >= 0.6 is 0 Å². The van der Waals surface area contributed by atoms with Gasteiger partial charge in [-0.25, -0.2) is 13.2 Å². The molecule has 0 spiro atoms. The highest BCUT2D eigenvalue weighted by molar-refractivity contribution is 7.91. The summed E-state index contributed by atoms with van der Waals surface area (Å²) in [7, 11) is -1.80. The molecule has 3 N–H and O–H groups in total. The number of aromatic hydroxyl groups is 1. The number of ether oxygens (including phenoxy) is 1. The van der Waals surface area contributed by atoms with Gasteiger partial charge >= 0.3 is 6.09 Å². The maximum Gasteiger partial charge on any atom is 0.404 e. The fourth-order valence-electron chi connectivity index (χ4n) is 1.90. The van der Waals surface area contributed by atoms with Crippen molar-refractivity contribution in [1.29, 1.82) is 0 Å². The molecule has 0 aliphatic carbocycles. The Morgan fingerprint density at radius 2 is 2.00 bits per heavy atom. The van der Waals surface area contributed by atoms with Crippen LogP contribution in [0.5, 0.6) is 5.75 Å². The molecule has 0 aromatic heterocycles. The third-order valence-electron chi connectivity index (χ3n) is 2.81. The first-order valence-corrected chi connectivity index (χ1v) is 7.43. The molecule has 1 aromatic rings. The predicted octanol–water partition coefficient (Wildman–Crippen LogP) is 1.35. The van der Waals surface area contributed by atoms with Gasteiger partial charge in [0.2, 0.25) is 0 Å². The van der Waals surface area contributed by atoms with Gasteiger partial charge < -0.3 is 15.6 Å². The van der Waals surface area contributed by atoms with Crippen LogP contribution in [0, 0.1) is 0 Å². The highest BCUT2D eigenvalue weighted by atomic mass is 32.2. The number of carbonyl (C=O) groups is 1. The van der Waals surface area contributed by atoms with E-state index in [0.29, 0.717) is 18.4 Å². The first-order chi connectivity index (χ1) is 8.88. The van der Waals surface area contributed by atoms with Gasteiger partial charge in [-0.05, 0) is 18.9 Å². The van der Waals surface area contributed by atoms with Gasteiger partial charge in [0.15, 0.2) is 9.84 Å². The Balaban J connectivity index is 0.000000312. The molecule has 1 aliphatic rings. The molecule has 19 heavy (non-hydrogen) atoms. The third kappa shape index (κ3) is 4.13. The number of rotatable bonds is 1. The summed E-state index contributed by atoms with van der Waals surface area (Å²) in [6.45, 7) is 0. The summed E-state index contributed by atoms with van der Waals surface area (Å²) in [6, 6.07) is 6.66. The number of primary amides is 1. The number of amides is 1. The SMILES string of the molecule is COC(N)=O.O=S1(=O)CCCC1c1ccccc1O. The minimum atomic E-state index is -3.02. The fraction of sp³-hybridized carbons (Fsp3) is 0.417. The summed E-state index contributed by atoms with van der Waals surface area (Å²) in [6.07, 6.45) is 0.575. The molecule has 0 radical (unpaired) electrons. The van der Waals surface area contributed by atoms with Crippen molar-refractivity contribution < 1.29 is 23.1 Å². The minimum absolute atomic E-state index is 0.0861. The number of sulfone groups is 1. The average molecular weight is 287 g/mol. The standard InChI is InChI=1S/C10H12O3S.C2H5NO2/c11-9-5-2-1-4-8(9)10-6-3-7-14(10,12)13;1-5-2(3)4/h1-2,4-5,10-11H,3,6-7H2;1H3,(H2,3,4). The zero-order valence-corrected chi connectivity index (χ0v) is 11.4. The molecule has 7 heteroatoms. The number of methoxy groups -OCH3 is 1. The number of hydrogen-bond acceptors (Lipinski definition) is 5. The first kappa shape index (κ1) is 15.3. The quantitative estimate of drug-likeness (QED) is 0.810. The van der Waals surface area contributed by atoms with Gasteiger partial charge in [-0.2, -0.15) is 0 Å². The number of benzene rings is 1. The lowest BCUT2D eigenvalue weighted by atomic mass is 10.1. The predicted molar refractivity (Wildman–Crippen MR) is 70.5 cm³/mol. The second-order valence-corrected chi connectivity index (χ2v) is 6.38. The van der Waals surface area contributed by atoms with Crippen LogP contribution in [0.2, 0.25) is 0 Å². The van der Waals surface area contributed by atoms with Crippen LogP contribution < -0.4 is 5.73 Å². The fourth-order valence-corrected chi connectivity index (χ4v) is 3.87. The summed E-state index contributed by atoms with van der Waals surface area (Å²) >= 11 is 0. The second-order valence-electron chi connectivity index (χ2n) is 4.08. The molecule has 0 saturated carbocycles. The van der Waals surface area contributed by atoms with Crippen LogP contribution in [0.25, 0.3) is 0 Å². The Kier molecular flexibility index (Phi) is 5.17. The summed E-state index contributed by atoms with van der Waals surface area (Å²) in [5, 5.41) is 9.04. The summed E-state index contributed by atoms with van der Waals surface area (Å²) in [5.74, 6) is 0.328. The molecule has 1 atom stereocenters. The number of para-hydroxylation sites is 1. The number of phenols is 1. The number of phenolic OH excluding ortho intramolecular Hbond substituents is 1. The lowest BCUT2D eigenvalue weighted by Gasteiger charge is -2.10. The summed E-state index contributed by atoms with van der Waals surface area (Å²) < 4.78 is 27.1. The van der Waals surface area contributed by atoms with Gasteiger partial charge in [-0.15, -0.1) is 0 Å². The summed E-state index contributed by atoms with van der Waals surface area (Å²) in [5.41, 5.74) is 4.98. The smallest absolute Gasteiger partial charge is 0.404 e. The molecular formula is C12H17NO5S. The van der Waals surface area contributed by atoms with Gasteiger partial charge in [0.05, 0.1) is 18.1 Å². The zero-order chi connectivity index (χ0) is 14.5. The molecule has 1 unspecified atom stereocenters. The highest BCUT2D eigenvalue weighted by Gasteiger charge is 2.33. The Labute approximate surface area is 112 Å². The first-order valence-electron chi connectivity index (χ1n) is 5.71. The van der Waals surface area contributed by atoms with E-state index in [1.165, 1.54) is 13.2 Å². The van der Waals surface area contributed by atoms with Gasteiger partial charge in [-0.3, -0.25) is 0 Å². The van der Waals surface area contributed by atoms with E-state index >= 15 is 0 Å². The van der Waals surface area contributed by atoms with Crippen molar-refractivity contribution in [2.24, 2.45) is 5.73 Å². The van der Waals surface area contributed by atoms with Crippen molar-refractivity contribution in [1.82, 2.24) is 0 Å². The average Bonchev–Trinajstić information content (AvgIpc) is 2.70. The van der Waals surface area contributed by atoms with Crippen LogP contribution in [0.1, 0.15) is 23.7 Å². The maximum atomic E-state index is 11.6. The highest BCUT2D eigenvalue weighted by Crippen LogP contribution is 2.38. The van der Waals surface area contributed by atoms with Crippen molar-refractivity contribution in [2.45, 2.75) is 18.1 Å². The van der Waals surface area contributed by atoms with Crippen LogP contribution in [-0.2, 0) is 14.6 Å². The van der Waals surface area contributed by atoms with E-state index < -0.39 is 21.2 Å². The molecule has 1 saturated heterocycles. The van der Waals surface area contributed by atoms with Gasteiger partial charge in [0, 0.05) is 5.56 Å². The summed E-state index contributed by atoms with van der Waals surface area (Å²) in [4.78, 5) is 9.37. The zero-order valence-electron chi connectivity index (χ0n) is 10.6. The van der Waals surface area contributed by atoms with E-state index in [4.69, 9.17) is 0 Å². The molecule has 1 heterocycles. The van der Waals surface area contributed by atoms with E-state index in [1.807, 2.05) is 0 Å². The van der Waals surface area contributed by atoms with Gasteiger partial charge in [-0.1, -0.05) is 18.2 Å².